The van der Waals surface area contributed by atoms with Gasteiger partial charge in [0.2, 0.25) is 0 Å². The van der Waals surface area contributed by atoms with Crippen molar-refractivity contribution in [2.45, 2.75) is 0 Å². The molecule has 0 atom stereocenters. The predicted molar refractivity (Wildman–Crippen MR) is 28.5 cm³/mol. The van der Waals surface area contributed by atoms with Gasteiger partial charge < -0.3 is 22.5 Å². The zero-order chi connectivity index (χ0) is 7.86. The van der Waals surface area contributed by atoms with E-state index in [2.05, 4.69) is 5.73 Å². The monoisotopic (exact) mass is 161 g/mol. The van der Waals surface area contributed by atoms with Crippen molar-refractivity contribution >= 4 is 12.1 Å². The van der Waals surface area contributed by atoms with Crippen LogP contribution in [0.1, 0.15) is 1.43 Å². The largest absolute Gasteiger partial charge is 1.00 e. The van der Waals surface area contributed by atoms with Crippen molar-refractivity contribution in [2.75, 3.05) is 6.54 Å². The molecule has 0 aromatic rings. The van der Waals surface area contributed by atoms with Crippen LogP contribution in [0.15, 0.2) is 0 Å². The molecule has 0 aromatic carbocycles. The van der Waals surface area contributed by atoms with Crippen LogP contribution in [0.25, 0.3) is 0 Å². The third-order valence-electron chi connectivity index (χ3n) is 0.175. The van der Waals surface area contributed by atoms with E-state index in [0.29, 0.717) is 0 Å². The number of hydrogen-bond acceptors (Lipinski definition) is 3. The van der Waals surface area contributed by atoms with Gasteiger partial charge in [-0.2, -0.15) is 0 Å². The second-order valence-electron chi connectivity index (χ2n) is 0.880. The molecular formula is C3H8NNaO5. The van der Waals surface area contributed by atoms with Gasteiger partial charge in [-0.05, 0) is 0 Å². The first-order chi connectivity index (χ1) is 4.00. The molecule has 0 aliphatic heterocycles. The number of aliphatic carboxylic acids is 1. The Labute approximate surface area is 80.4 Å². The van der Waals surface area contributed by atoms with E-state index in [1.807, 2.05) is 0 Å². The molecule has 0 fully saturated rings. The Balaban J connectivity index is -0.0000000383. The Kier molecular flexibility index (Phi) is 18.8. The topological polar surface area (TPSA) is 121 Å². The number of carboxylic acid groups (broad SMARTS) is 3. The van der Waals surface area contributed by atoms with E-state index in [0.717, 1.165) is 0 Å². The van der Waals surface area contributed by atoms with Crippen molar-refractivity contribution in [3.8, 4) is 0 Å². The number of nitrogens with two attached hydrogens (primary N) is 1. The molecule has 0 amide bonds. The van der Waals surface area contributed by atoms with Crippen LogP contribution in [0.3, 0.4) is 0 Å². The van der Waals surface area contributed by atoms with Gasteiger partial charge in [-0.3, -0.25) is 4.79 Å². The third kappa shape index (κ3) is 120. The van der Waals surface area contributed by atoms with E-state index < -0.39 is 12.1 Å². The van der Waals surface area contributed by atoms with Crippen LogP contribution < -0.4 is 35.3 Å². The Morgan fingerprint density at radius 1 is 1.30 bits per heavy atom. The summed E-state index contributed by atoms with van der Waals surface area (Å²) < 4.78 is 0. The van der Waals surface area contributed by atoms with E-state index in [4.69, 9.17) is 20.1 Å². The Bertz CT molecular complexity index is 106. The first-order valence-electron chi connectivity index (χ1n) is 1.84. The number of rotatable bonds is 1. The van der Waals surface area contributed by atoms with Gasteiger partial charge in [0.05, 0.1) is 6.54 Å². The fraction of sp³-hybridized carbons (Fsp3) is 0.333. The summed E-state index contributed by atoms with van der Waals surface area (Å²) >= 11 is 0. The second-order valence-corrected chi connectivity index (χ2v) is 0.880. The van der Waals surface area contributed by atoms with Crippen LogP contribution in [0, 0.1) is 0 Å². The molecule has 5 N–H and O–H groups in total. The minimum Gasteiger partial charge on any atom is -1.00 e. The zero-order valence-electron chi connectivity index (χ0n) is 6.44. The summed E-state index contributed by atoms with van der Waals surface area (Å²) in [7, 11) is 0. The van der Waals surface area contributed by atoms with E-state index in [1.54, 1.807) is 0 Å². The fourth-order valence-corrected chi connectivity index (χ4v) is 0. The number of carbonyl (C=O) groups is 2. The van der Waals surface area contributed by atoms with Gasteiger partial charge >= 0.3 is 41.7 Å². The molecule has 7 heteroatoms. The van der Waals surface area contributed by atoms with Gasteiger partial charge in [-0.1, -0.05) is 0 Å². The van der Waals surface area contributed by atoms with Gasteiger partial charge in [0.1, 0.15) is 0 Å². The van der Waals surface area contributed by atoms with Gasteiger partial charge in [-0.25, -0.2) is 4.79 Å². The van der Waals surface area contributed by atoms with E-state index in [-0.39, 0.29) is 37.5 Å². The smallest absolute Gasteiger partial charge is 1.00 e. The molecule has 0 heterocycles. The van der Waals surface area contributed by atoms with Crippen molar-refractivity contribution in [3.05, 3.63) is 0 Å². The maximum atomic E-state index is 9.24. The zero-order valence-corrected chi connectivity index (χ0v) is 7.44. The molecule has 0 aliphatic rings. The normalized spacial score (nSPS) is 6.10. The summed E-state index contributed by atoms with van der Waals surface area (Å²) in [5.74, 6) is -0.968. The van der Waals surface area contributed by atoms with Crippen LogP contribution in [-0.2, 0) is 4.79 Å². The average molecular weight is 161 g/mol. The van der Waals surface area contributed by atoms with Crippen molar-refractivity contribution < 1.29 is 55.9 Å². The Morgan fingerprint density at radius 2 is 1.40 bits per heavy atom. The third-order valence-corrected chi connectivity index (χ3v) is 0.175. The second kappa shape index (κ2) is 11.5. The molecule has 56 valence electrons. The summed E-state index contributed by atoms with van der Waals surface area (Å²) in [6.45, 7) is -0.278. The molecule has 0 spiro atoms. The van der Waals surface area contributed by atoms with Crippen molar-refractivity contribution in [2.24, 2.45) is 5.73 Å². The van der Waals surface area contributed by atoms with Crippen LogP contribution in [0.5, 0.6) is 0 Å². The van der Waals surface area contributed by atoms with Crippen molar-refractivity contribution in [1.82, 2.24) is 0 Å². The fourth-order valence-electron chi connectivity index (χ4n) is 0. The molecular weight excluding hydrogens is 153 g/mol. The van der Waals surface area contributed by atoms with Crippen LogP contribution in [0.2, 0.25) is 0 Å². The molecule has 0 aromatic heterocycles. The summed E-state index contributed by atoms with van der Waals surface area (Å²) in [6.07, 6.45) is -1.83. The molecule has 0 saturated carbocycles. The number of carboxylic acids is 1. The minimum atomic E-state index is -1.83. The van der Waals surface area contributed by atoms with E-state index >= 15 is 0 Å². The minimum absolute atomic E-state index is 0. The van der Waals surface area contributed by atoms with Crippen LogP contribution >= 0.6 is 0 Å². The molecule has 0 unspecified atom stereocenters. The molecule has 10 heavy (non-hydrogen) atoms. The standard InChI is InChI=1S/C2H5NO2.CH2O3.Na.H/c3-1-2(4)5;2-1(3)4;;/h1,3H2,(H,4,5);(H2,2,3,4);;/q;;+1;-1. The summed E-state index contributed by atoms with van der Waals surface area (Å²) in [6, 6.07) is 0. The van der Waals surface area contributed by atoms with E-state index in [9.17, 15) is 4.79 Å². The summed E-state index contributed by atoms with van der Waals surface area (Å²) in [4.78, 5) is 17.8. The number of hydrogen-bond donors (Lipinski definition) is 4. The molecule has 0 bridgehead atoms. The van der Waals surface area contributed by atoms with Crippen LogP contribution in [-0.4, -0.2) is 34.0 Å². The molecule has 0 rings (SSSR count). The van der Waals surface area contributed by atoms with Crippen LogP contribution in [0.4, 0.5) is 4.79 Å². The Hall–Kier alpha value is -0.300. The maximum Gasteiger partial charge on any atom is 1.00 e. The predicted octanol–water partition coefficient (Wildman–Crippen LogP) is -3.63. The van der Waals surface area contributed by atoms with Gasteiger partial charge in [-0.15, -0.1) is 0 Å². The molecule has 0 radical (unpaired) electrons. The quantitative estimate of drug-likeness (QED) is 0.294. The maximum absolute atomic E-state index is 9.24. The molecule has 0 aliphatic carbocycles. The van der Waals surface area contributed by atoms with Crippen molar-refractivity contribution in [1.29, 1.82) is 0 Å². The van der Waals surface area contributed by atoms with Gasteiger partial charge in [0.15, 0.2) is 0 Å². The first-order valence-corrected chi connectivity index (χ1v) is 1.84. The molecule has 0 saturated heterocycles. The molecule has 6 nitrogen and oxygen atoms in total. The SMILES string of the molecule is NCC(=O)O.O=C(O)O.[H-].[Na+]. The Morgan fingerprint density at radius 3 is 1.40 bits per heavy atom. The average Bonchev–Trinajstić information content (AvgIpc) is 1.65. The van der Waals surface area contributed by atoms with Gasteiger partial charge in [0, 0.05) is 0 Å². The summed E-state index contributed by atoms with van der Waals surface area (Å²) in [5.41, 5.74) is 4.57. The van der Waals surface area contributed by atoms with Crippen molar-refractivity contribution in [3.63, 3.8) is 0 Å². The summed E-state index contributed by atoms with van der Waals surface area (Å²) in [5, 5.41) is 21.5. The van der Waals surface area contributed by atoms with E-state index in [1.165, 1.54) is 0 Å². The van der Waals surface area contributed by atoms with Gasteiger partial charge in [0.25, 0.3) is 0 Å². The first kappa shape index (κ1) is 16.4.